The Morgan fingerprint density at radius 2 is 2.16 bits per heavy atom. The Balaban J connectivity index is 2.79. The van der Waals surface area contributed by atoms with Crippen LogP contribution in [0.1, 0.15) is 45.5 Å². The second-order valence-corrected chi connectivity index (χ2v) is 6.80. The number of unbranched alkanes of at least 4 members (excludes halogenated alkanes) is 1. The van der Waals surface area contributed by atoms with Gasteiger partial charge in [0.15, 0.2) is 0 Å². The molecule has 1 aromatic rings. The standard InChI is InChI=1S/C12H24N4O2S/c1-5-6-9-16(4)19(17,18)15-11(10(2)3)12-13-7-8-14-12/h7-8,10-11,15H,5-6,9H2,1-4H3,(H,13,14)/t11-/m0/s1. The van der Waals surface area contributed by atoms with E-state index in [0.717, 1.165) is 12.8 Å². The molecule has 0 unspecified atom stereocenters. The number of nitrogens with one attached hydrogen (secondary N) is 2. The molecule has 0 bridgehead atoms. The molecule has 0 amide bonds. The van der Waals surface area contributed by atoms with E-state index in [1.807, 2.05) is 20.8 Å². The van der Waals surface area contributed by atoms with Gasteiger partial charge < -0.3 is 4.98 Å². The van der Waals surface area contributed by atoms with Crippen molar-refractivity contribution in [2.75, 3.05) is 13.6 Å². The van der Waals surface area contributed by atoms with Crippen LogP contribution in [0.25, 0.3) is 0 Å². The maximum absolute atomic E-state index is 12.2. The molecule has 1 atom stereocenters. The van der Waals surface area contributed by atoms with E-state index in [9.17, 15) is 8.42 Å². The molecular formula is C12H24N4O2S. The van der Waals surface area contributed by atoms with E-state index in [2.05, 4.69) is 14.7 Å². The predicted molar refractivity (Wildman–Crippen MR) is 75.8 cm³/mol. The maximum Gasteiger partial charge on any atom is 0.279 e. The lowest BCUT2D eigenvalue weighted by atomic mass is 10.1. The molecule has 0 radical (unpaired) electrons. The number of aromatic nitrogens is 2. The third kappa shape index (κ3) is 4.59. The molecule has 0 fully saturated rings. The Morgan fingerprint density at radius 1 is 1.47 bits per heavy atom. The van der Waals surface area contributed by atoms with Crippen LogP contribution >= 0.6 is 0 Å². The Hall–Kier alpha value is -0.920. The Labute approximate surface area is 115 Å². The van der Waals surface area contributed by atoms with E-state index in [0.29, 0.717) is 12.4 Å². The van der Waals surface area contributed by atoms with Gasteiger partial charge in [0, 0.05) is 26.0 Å². The number of aromatic amines is 1. The summed E-state index contributed by atoms with van der Waals surface area (Å²) in [6.07, 6.45) is 5.13. The van der Waals surface area contributed by atoms with E-state index in [1.165, 1.54) is 4.31 Å². The molecule has 6 nitrogen and oxygen atoms in total. The fourth-order valence-corrected chi connectivity index (χ4v) is 2.96. The van der Waals surface area contributed by atoms with E-state index in [-0.39, 0.29) is 12.0 Å². The van der Waals surface area contributed by atoms with Gasteiger partial charge >= 0.3 is 0 Å². The highest BCUT2D eigenvalue weighted by molar-refractivity contribution is 7.87. The Bertz CT molecular complexity index is 456. The average molecular weight is 288 g/mol. The van der Waals surface area contributed by atoms with Crippen molar-refractivity contribution >= 4 is 10.2 Å². The van der Waals surface area contributed by atoms with E-state index >= 15 is 0 Å². The summed E-state index contributed by atoms with van der Waals surface area (Å²) in [6, 6.07) is -0.343. The molecule has 0 aliphatic rings. The quantitative estimate of drug-likeness (QED) is 0.764. The maximum atomic E-state index is 12.2. The Kier molecular flexibility index (Phi) is 5.96. The Morgan fingerprint density at radius 3 is 2.63 bits per heavy atom. The summed E-state index contributed by atoms with van der Waals surface area (Å²) in [5, 5.41) is 0. The van der Waals surface area contributed by atoms with Crippen LogP contribution in [0.5, 0.6) is 0 Å². The van der Waals surface area contributed by atoms with Gasteiger partial charge in [0.05, 0.1) is 6.04 Å². The minimum Gasteiger partial charge on any atom is -0.347 e. The molecule has 0 aliphatic heterocycles. The molecule has 1 rings (SSSR count). The smallest absolute Gasteiger partial charge is 0.279 e. The monoisotopic (exact) mass is 288 g/mol. The number of nitrogens with zero attached hydrogens (tertiary/aromatic N) is 2. The first-order chi connectivity index (χ1) is 8.88. The molecule has 0 saturated carbocycles. The molecule has 0 aromatic carbocycles. The van der Waals surface area contributed by atoms with Crippen molar-refractivity contribution in [2.45, 2.75) is 39.7 Å². The van der Waals surface area contributed by atoms with Gasteiger partial charge in [0.2, 0.25) is 0 Å². The number of rotatable bonds is 8. The summed E-state index contributed by atoms with van der Waals surface area (Å²) in [6.45, 7) is 6.48. The van der Waals surface area contributed by atoms with Crippen molar-refractivity contribution in [3.63, 3.8) is 0 Å². The molecule has 1 aromatic heterocycles. The molecule has 110 valence electrons. The summed E-state index contributed by atoms with van der Waals surface area (Å²) in [7, 11) is -1.88. The molecule has 19 heavy (non-hydrogen) atoms. The normalized spacial score (nSPS) is 14.2. The molecule has 7 heteroatoms. The first-order valence-corrected chi connectivity index (χ1v) is 8.05. The minimum atomic E-state index is -3.48. The van der Waals surface area contributed by atoms with Crippen LogP contribution in [-0.4, -0.2) is 36.3 Å². The van der Waals surface area contributed by atoms with Gasteiger partial charge in [-0.1, -0.05) is 27.2 Å². The largest absolute Gasteiger partial charge is 0.347 e. The van der Waals surface area contributed by atoms with Crippen LogP contribution in [0.2, 0.25) is 0 Å². The summed E-state index contributed by atoms with van der Waals surface area (Å²) in [4.78, 5) is 7.11. The van der Waals surface area contributed by atoms with E-state index in [4.69, 9.17) is 0 Å². The molecule has 0 saturated heterocycles. The van der Waals surface area contributed by atoms with Crippen molar-refractivity contribution in [1.29, 1.82) is 0 Å². The number of hydrogen-bond acceptors (Lipinski definition) is 3. The van der Waals surface area contributed by atoms with E-state index < -0.39 is 10.2 Å². The van der Waals surface area contributed by atoms with Crippen LogP contribution in [0, 0.1) is 5.92 Å². The van der Waals surface area contributed by atoms with Crippen LogP contribution < -0.4 is 4.72 Å². The van der Waals surface area contributed by atoms with Gasteiger partial charge in [-0.3, -0.25) is 0 Å². The zero-order chi connectivity index (χ0) is 14.5. The van der Waals surface area contributed by atoms with Crippen molar-refractivity contribution in [1.82, 2.24) is 19.0 Å². The topological polar surface area (TPSA) is 78.1 Å². The van der Waals surface area contributed by atoms with Gasteiger partial charge in [-0.15, -0.1) is 0 Å². The SMILES string of the molecule is CCCCN(C)S(=O)(=O)N[C@H](c1ncc[nH]1)C(C)C. The van der Waals surface area contributed by atoms with Crippen LogP contribution in [0.15, 0.2) is 12.4 Å². The molecule has 0 spiro atoms. The average Bonchev–Trinajstić information content (AvgIpc) is 2.86. The summed E-state index contributed by atoms with van der Waals surface area (Å²) in [5.41, 5.74) is 0. The molecule has 0 aliphatic carbocycles. The van der Waals surface area contributed by atoms with Gasteiger partial charge in [0.25, 0.3) is 10.2 Å². The van der Waals surface area contributed by atoms with Crippen molar-refractivity contribution in [3.8, 4) is 0 Å². The number of H-pyrrole nitrogens is 1. The van der Waals surface area contributed by atoms with Crippen molar-refractivity contribution < 1.29 is 8.42 Å². The third-order valence-corrected chi connectivity index (χ3v) is 4.55. The second kappa shape index (κ2) is 7.02. The highest BCUT2D eigenvalue weighted by atomic mass is 32.2. The van der Waals surface area contributed by atoms with E-state index in [1.54, 1.807) is 19.4 Å². The summed E-state index contributed by atoms with van der Waals surface area (Å²) in [5.74, 6) is 0.753. The van der Waals surface area contributed by atoms with Gasteiger partial charge in [-0.2, -0.15) is 17.4 Å². The third-order valence-electron chi connectivity index (χ3n) is 2.99. The lowest BCUT2D eigenvalue weighted by molar-refractivity contribution is 0.405. The minimum absolute atomic E-state index is 0.112. The predicted octanol–water partition coefficient (Wildman–Crippen LogP) is 1.67. The second-order valence-electron chi connectivity index (χ2n) is 4.99. The first-order valence-electron chi connectivity index (χ1n) is 6.61. The highest BCUT2D eigenvalue weighted by Gasteiger charge is 2.26. The molecule has 2 N–H and O–H groups in total. The van der Waals surface area contributed by atoms with Crippen LogP contribution in [-0.2, 0) is 10.2 Å². The fraction of sp³-hybridized carbons (Fsp3) is 0.750. The van der Waals surface area contributed by atoms with Gasteiger partial charge in [0.1, 0.15) is 5.82 Å². The first kappa shape index (κ1) is 16.1. The van der Waals surface area contributed by atoms with Gasteiger partial charge in [-0.25, -0.2) is 4.98 Å². The van der Waals surface area contributed by atoms with Crippen LogP contribution in [0.4, 0.5) is 0 Å². The van der Waals surface area contributed by atoms with Crippen molar-refractivity contribution in [2.24, 2.45) is 5.92 Å². The highest BCUT2D eigenvalue weighted by Crippen LogP contribution is 2.19. The lowest BCUT2D eigenvalue weighted by Crippen LogP contribution is -2.42. The lowest BCUT2D eigenvalue weighted by Gasteiger charge is -2.24. The zero-order valence-electron chi connectivity index (χ0n) is 12.0. The van der Waals surface area contributed by atoms with Gasteiger partial charge in [-0.05, 0) is 12.3 Å². The number of hydrogen-bond donors (Lipinski definition) is 2. The summed E-state index contributed by atoms with van der Waals surface area (Å²) < 4.78 is 28.5. The zero-order valence-corrected chi connectivity index (χ0v) is 12.9. The fourth-order valence-electron chi connectivity index (χ4n) is 1.71. The summed E-state index contributed by atoms with van der Waals surface area (Å²) >= 11 is 0. The van der Waals surface area contributed by atoms with Crippen LogP contribution in [0.3, 0.4) is 0 Å². The molecular weight excluding hydrogens is 264 g/mol. The molecule has 1 heterocycles. The van der Waals surface area contributed by atoms with Crippen molar-refractivity contribution in [3.05, 3.63) is 18.2 Å². The number of imidazole rings is 1.